The fraction of sp³-hybridized carbons (Fsp3) is 0.0667. The van der Waals surface area contributed by atoms with Crippen LogP contribution in [0.2, 0.25) is 0 Å². The van der Waals surface area contributed by atoms with Crippen molar-refractivity contribution in [2.75, 3.05) is 0 Å². The van der Waals surface area contributed by atoms with E-state index in [1.807, 2.05) is 12.1 Å². The van der Waals surface area contributed by atoms with Crippen molar-refractivity contribution < 1.29 is 4.39 Å². The summed E-state index contributed by atoms with van der Waals surface area (Å²) in [5.74, 6) is -0.228. The molecule has 9 rings (SSSR count). The minimum Gasteiger partial charge on any atom is -0.207 e. The molecule has 0 spiro atoms. The first-order valence-corrected chi connectivity index (χ1v) is 16.0. The van der Waals surface area contributed by atoms with E-state index >= 15 is 0 Å². The van der Waals surface area contributed by atoms with Crippen molar-refractivity contribution in [1.82, 2.24) is 0 Å². The van der Waals surface area contributed by atoms with Gasteiger partial charge in [0.1, 0.15) is 5.82 Å². The van der Waals surface area contributed by atoms with Crippen LogP contribution in [0.1, 0.15) is 25.0 Å². The Kier molecular flexibility index (Phi) is 5.83. The largest absolute Gasteiger partial charge is 0.207 e. The lowest BCUT2D eigenvalue weighted by molar-refractivity contribution is 0.628. The Morgan fingerprint density at radius 2 is 0.957 bits per heavy atom. The zero-order valence-corrected chi connectivity index (χ0v) is 25.8. The van der Waals surface area contributed by atoms with Gasteiger partial charge in [-0.2, -0.15) is 0 Å². The highest BCUT2D eigenvalue weighted by atomic mass is 19.1. The minimum absolute atomic E-state index is 0.0530. The third-order valence-corrected chi connectivity index (χ3v) is 10.1. The summed E-state index contributed by atoms with van der Waals surface area (Å²) >= 11 is 0. The van der Waals surface area contributed by atoms with Crippen LogP contribution in [0, 0.1) is 5.82 Å². The molecule has 0 aliphatic heterocycles. The van der Waals surface area contributed by atoms with Crippen molar-refractivity contribution in [3.63, 3.8) is 0 Å². The Morgan fingerprint density at radius 1 is 0.391 bits per heavy atom. The molecule has 0 aromatic heterocycles. The summed E-state index contributed by atoms with van der Waals surface area (Å²) < 4.78 is 14.2. The SMILES string of the molecule is CC1(C)c2ccccc2-c2cc(-c3c4ccccc4c(-c4ccc(F)cc4)c4ccc(-c5cccc6ccccc56)cc34)ccc21. The lowest BCUT2D eigenvalue weighted by atomic mass is 9.81. The van der Waals surface area contributed by atoms with Gasteiger partial charge in [0.25, 0.3) is 0 Å². The zero-order chi connectivity index (χ0) is 31.0. The molecule has 0 heterocycles. The fourth-order valence-corrected chi connectivity index (χ4v) is 7.94. The van der Waals surface area contributed by atoms with E-state index < -0.39 is 0 Å². The van der Waals surface area contributed by atoms with Crippen LogP contribution in [0.4, 0.5) is 4.39 Å². The van der Waals surface area contributed by atoms with Crippen molar-refractivity contribution in [2.45, 2.75) is 19.3 Å². The van der Waals surface area contributed by atoms with Crippen LogP contribution in [0.25, 0.3) is 76.8 Å². The topological polar surface area (TPSA) is 0 Å². The Labute approximate surface area is 268 Å². The molecule has 0 amide bonds. The van der Waals surface area contributed by atoms with E-state index in [1.165, 1.54) is 66.1 Å². The minimum atomic E-state index is -0.228. The van der Waals surface area contributed by atoms with Crippen LogP contribution in [0.5, 0.6) is 0 Å². The maximum atomic E-state index is 14.2. The van der Waals surface area contributed by atoms with Gasteiger partial charge in [0, 0.05) is 5.41 Å². The molecule has 0 N–H and O–H groups in total. The molecule has 8 aromatic rings. The van der Waals surface area contributed by atoms with Crippen LogP contribution < -0.4 is 0 Å². The second-order valence-electron chi connectivity index (χ2n) is 13.0. The summed E-state index contributed by atoms with van der Waals surface area (Å²) in [5, 5.41) is 7.16. The second-order valence-corrected chi connectivity index (χ2v) is 13.0. The monoisotopic (exact) mass is 590 g/mol. The molecular weight excluding hydrogens is 559 g/mol. The Bertz CT molecular complexity index is 2490. The van der Waals surface area contributed by atoms with E-state index in [-0.39, 0.29) is 11.2 Å². The predicted octanol–water partition coefficient (Wildman–Crippen LogP) is 12.6. The van der Waals surface area contributed by atoms with Crippen molar-refractivity contribution in [3.8, 4) is 44.5 Å². The Hall–Kier alpha value is -5.53. The van der Waals surface area contributed by atoms with E-state index in [0.29, 0.717) is 0 Å². The lowest BCUT2D eigenvalue weighted by Gasteiger charge is -2.22. The maximum Gasteiger partial charge on any atom is 0.123 e. The van der Waals surface area contributed by atoms with Gasteiger partial charge in [0.05, 0.1) is 0 Å². The highest BCUT2D eigenvalue weighted by Crippen LogP contribution is 2.51. The predicted molar refractivity (Wildman–Crippen MR) is 193 cm³/mol. The molecule has 0 atom stereocenters. The summed E-state index contributed by atoms with van der Waals surface area (Å²) in [4.78, 5) is 0. The van der Waals surface area contributed by atoms with Crippen LogP contribution >= 0.6 is 0 Å². The summed E-state index contributed by atoms with van der Waals surface area (Å²) in [6.07, 6.45) is 0. The molecule has 46 heavy (non-hydrogen) atoms. The fourth-order valence-electron chi connectivity index (χ4n) is 7.94. The number of halogens is 1. The van der Waals surface area contributed by atoms with Crippen molar-refractivity contribution in [1.29, 1.82) is 0 Å². The van der Waals surface area contributed by atoms with Crippen molar-refractivity contribution in [2.24, 2.45) is 0 Å². The molecule has 1 aliphatic carbocycles. The van der Waals surface area contributed by atoms with E-state index in [9.17, 15) is 4.39 Å². The smallest absolute Gasteiger partial charge is 0.123 e. The molecule has 0 radical (unpaired) electrons. The van der Waals surface area contributed by atoms with Gasteiger partial charge >= 0.3 is 0 Å². The zero-order valence-electron chi connectivity index (χ0n) is 25.8. The summed E-state index contributed by atoms with van der Waals surface area (Å²) in [6.45, 7) is 4.66. The molecule has 218 valence electrons. The van der Waals surface area contributed by atoms with Gasteiger partial charge in [-0.3, -0.25) is 0 Å². The molecule has 0 fully saturated rings. The molecule has 0 unspecified atom stereocenters. The molecule has 0 nitrogen and oxygen atoms in total. The third kappa shape index (κ3) is 3.91. The standard InChI is InChI=1S/C45H31F/c1-45(2)41-17-8-7-13-35(41)39-27-31(21-25-42(39)45)44-37-15-6-5-14-36(37)43(29-18-22-32(46)23-19-29)38-24-20-30(26-40(38)44)34-16-9-11-28-10-3-4-12-33(28)34/h3-27H,1-2H3. The van der Waals surface area contributed by atoms with E-state index in [0.717, 1.165) is 21.9 Å². The molecule has 8 aromatic carbocycles. The molecule has 0 saturated carbocycles. The van der Waals surface area contributed by atoms with Crippen LogP contribution in [0.15, 0.2) is 152 Å². The van der Waals surface area contributed by atoms with Gasteiger partial charge in [-0.15, -0.1) is 0 Å². The van der Waals surface area contributed by atoms with Crippen molar-refractivity contribution >= 4 is 32.3 Å². The first-order chi connectivity index (χ1) is 22.5. The molecular formula is C45H31F. The highest BCUT2D eigenvalue weighted by Gasteiger charge is 2.35. The van der Waals surface area contributed by atoms with Gasteiger partial charge < -0.3 is 0 Å². The Morgan fingerprint density at radius 3 is 1.76 bits per heavy atom. The van der Waals surface area contributed by atoms with Gasteiger partial charge in [-0.05, 0) is 112 Å². The number of hydrogen-bond acceptors (Lipinski definition) is 0. The average molecular weight is 591 g/mol. The van der Waals surface area contributed by atoms with E-state index in [2.05, 4.69) is 141 Å². The maximum absolute atomic E-state index is 14.2. The molecule has 1 heteroatoms. The van der Waals surface area contributed by atoms with Gasteiger partial charge in [0.15, 0.2) is 0 Å². The van der Waals surface area contributed by atoms with E-state index in [1.54, 1.807) is 12.1 Å². The number of fused-ring (bicyclic) bond motifs is 6. The quantitative estimate of drug-likeness (QED) is 0.180. The van der Waals surface area contributed by atoms with Crippen LogP contribution in [0.3, 0.4) is 0 Å². The molecule has 0 saturated heterocycles. The third-order valence-electron chi connectivity index (χ3n) is 10.1. The average Bonchev–Trinajstić information content (AvgIpc) is 3.33. The van der Waals surface area contributed by atoms with Gasteiger partial charge in [-0.25, -0.2) is 4.39 Å². The summed E-state index contributed by atoms with van der Waals surface area (Å²) in [6, 6.07) is 53.6. The normalized spacial score (nSPS) is 13.3. The molecule has 0 bridgehead atoms. The molecule has 1 aliphatic rings. The number of benzene rings is 8. The Balaban J connectivity index is 1.40. The first kappa shape index (κ1) is 26.8. The van der Waals surface area contributed by atoms with E-state index in [4.69, 9.17) is 0 Å². The number of rotatable bonds is 3. The lowest BCUT2D eigenvalue weighted by Crippen LogP contribution is -2.14. The van der Waals surface area contributed by atoms with Crippen LogP contribution in [-0.2, 0) is 5.41 Å². The first-order valence-electron chi connectivity index (χ1n) is 16.0. The van der Waals surface area contributed by atoms with Crippen LogP contribution in [-0.4, -0.2) is 0 Å². The number of hydrogen-bond donors (Lipinski definition) is 0. The van der Waals surface area contributed by atoms with Gasteiger partial charge in [-0.1, -0.05) is 141 Å². The van der Waals surface area contributed by atoms with Crippen molar-refractivity contribution in [3.05, 3.63) is 169 Å². The van der Waals surface area contributed by atoms with Gasteiger partial charge in [0.2, 0.25) is 0 Å². The second kappa shape index (κ2) is 9.99. The highest BCUT2D eigenvalue weighted by molar-refractivity contribution is 6.22. The summed E-state index contributed by atoms with van der Waals surface area (Å²) in [5.41, 5.74) is 12.3. The summed E-state index contributed by atoms with van der Waals surface area (Å²) in [7, 11) is 0.